The maximum absolute atomic E-state index is 9.19. The Morgan fingerprint density at radius 1 is 1.37 bits per heavy atom. The molecule has 0 radical (unpaired) electrons. The van der Waals surface area contributed by atoms with E-state index in [0.717, 1.165) is 5.56 Å². The van der Waals surface area contributed by atoms with Gasteiger partial charge in [0.2, 0.25) is 0 Å². The summed E-state index contributed by atoms with van der Waals surface area (Å²) in [5.74, 6) is 1.51. The van der Waals surface area contributed by atoms with Crippen molar-refractivity contribution in [2.24, 2.45) is 5.16 Å². The summed E-state index contributed by atoms with van der Waals surface area (Å²) >= 11 is 6.13. The highest BCUT2D eigenvalue weighted by Gasteiger charge is 2.28. The van der Waals surface area contributed by atoms with Gasteiger partial charge in [-0.3, -0.25) is 0 Å². The summed E-state index contributed by atoms with van der Waals surface area (Å²) < 4.78 is 10.9. The summed E-state index contributed by atoms with van der Waals surface area (Å²) in [6.07, 6.45) is 3.21. The highest BCUT2D eigenvalue weighted by Crippen LogP contribution is 2.39. The molecule has 1 aliphatic rings. The first-order valence-electron chi connectivity index (χ1n) is 5.65. The number of oxime groups is 1. The topological polar surface area (TPSA) is 55.0 Å². The molecule has 1 aliphatic heterocycles. The molecule has 5 heteroatoms. The Morgan fingerprint density at radius 3 is 2.89 bits per heavy atom. The third kappa shape index (κ3) is 2.00. The fourth-order valence-corrected chi connectivity index (χ4v) is 2.32. The van der Waals surface area contributed by atoms with E-state index in [2.05, 4.69) is 5.16 Å². The quantitative estimate of drug-likeness (QED) is 0.635. The number of halogens is 1. The molecule has 4 nitrogen and oxygen atoms in total. The third-order valence-corrected chi connectivity index (χ3v) is 3.09. The number of aryl methyl sites for hydroxylation is 1. The molecule has 96 valence electrons. The minimum atomic E-state index is 0.344. The summed E-state index contributed by atoms with van der Waals surface area (Å²) in [5, 5.41) is 13.0. The fourth-order valence-electron chi connectivity index (χ4n) is 2.00. The minimum Gasteiger partial charge on any atom is -0.465 e. The molecule has 0 atom stereocenters. The van der Waals surface area contributed by atoms with Crippen LogP contribution in [0, 0.1) is 6.92 Å². The molecule has 19 heavy (non-hydrogen) atoms. The average molecular weight is 276 g/mol. The fraction of sp³-hybridized carbons (Fsp3) is 0.0714. The van der Waals surface area contributed by atoms with Gasteiger partial charge in [-0.15, -0.1) is 0 Å². The van der Waals surface area contributed by atoms with Crippen LogP contribution in [0.4, 0.5) is 0 Å². The zero-order valence-electron chi connectivity index (χ0n) is 10.1. The first-order valence-corrected chi connectivity index (χ1v) is 6.03. The molecule has 0 spiro atoms. The average Bonchev–Trinajstić information content (AvgIpc) is 2.97. The van der Waals surface area contributed by atoms with Crippen molar-refractivity contribution in [3.8, 4) is 5.75 Å². The molecule has 0 saturated carbocycles. The smallest absolute Gasteiger partial charge is 0.161 e. The Hall–Kier alpha value is -2.20. The van der Waals surface area contributed by atoms with Crippen LogP contribution in [0.3, 0.4) is 0 Å². The summed E-state index contributed by atoms with van der Waals surface area (Å²) in [4.78, 5) is 0. The van der Waals surface area contributed by atoms with Crippen molar-refractivity contribution in [1.82, 2.24) is 0 Å². The Labute approximate surface area is 114 Å². The molecular weight excluding hydrogens is 266 g/mol. The van der Waals surface area contributed by atoms with E-state index in [0.29, 0.717) is 33.6 Å². The van der Waals surface area contributed by atoms with Crippen molar-refractivity contribution in [1.29, 1.82) is 0 Å². The molecule has 0 fully saturated rings. The number of fused-ring (bicyclic) bond motifs is 1. The zero-order chi connectivity index (χ0) is 13.4. The van der Waals surface area contributed by atoms with E-state index in [1.807, 2.05) is 13.0 Å². The molecule has 1 N–H and O–H groups in total. The van der Waals surface area contributed by atoms with E-state index in [1.165, 1.54) is 0 Å². The second-order valence-corrected chi connectivity index (χ2v) is 4.61. The molecular formula is C14H10ClNO3. The van der Waals surface area contributed by atoms with E-state index in [-0.39, 0.29) is 0 Å². The second-order valence-electron chi connectivity index (χ2n) is 4.20. The molecule has 2 heterocycles. The summed E-state index contributed by atoms with van der Waals surface area (Å²) in [5.41, 5.74) is 1.98. The normalized spacial score (nSPS) is 17.8. The van der Waals surface area contributed by atoms with Crippen LogP contribution < -0.4 is 4.74 Å². The van der Waals surface area contributed by atoms with E-state index in [9.17, 15) is 5.21 Å². The van der Waals surface area contributed by atoms with Crippen LogP contribution in [0.25, 0.3) is 6.08 Å². The monoisotopic (exact) mass is 275 g/mol. The van der Waals surface area contributed by atoms with Gasteiger partial charge in [-0.25, -0.2) is 0 Å². The van der Waals surface area contributed by atoms with Gasteiger partial charge in [-0.1, -0.05) is 16.8 Å². The molecule has 0 saturated heterocycles. The lowest BCUT2D eigenvalue weighted by Crippen LogP contribution is -2.00. The molecule has 1 aromatic carbocycles. The lowest BCUT2D eigenvalue weighted by atomic mass is 10.1. The van der Waals surface area contributed by atoms with Crippen LogP contribution in [0.2, 0.25) is 5.02 Å². The molecule has 3 rings (SSSR count). The molecule has 0 unspecified atom stereocenters. The van der Waals surface area contributed by atoms with Crippen molar-refractivity contribution in [3.63, 3.8) is 0 Å². The van der Waals surface area contributed by atoms with Crippen molar-refractivity contribution in [2.75, 3.05) is 0 Å². The van der Waals surface area contributed by atoms with Gasteiger partial charge in [0.15, 0.2) is 17.2 Å². The highest BCUT2D eigenvalue weighted by molar-refractivity contribution is 6.34. The van der Waals surface area contributed by atoms with Gasteiger partial charge in [0.05, 0.1) is 16.8 Å². The van der Waals surface area contributed by atoms with Crippen molar-refractivity contribution in [2.45, 2.75) is 6.92 Å². The number of hydrogen-bond donors (Lipinski definition) is 1. The van der Waals surface area contributed by atoms with Gasteiger partial charge >= 0.3 is 0 Å². The van der Waals surface area contributed by atoms with Crippen LogP contribution in [0.1, 0.15) is 16.9 Å². The summed E-state index contributed by atoms with van der Waals surface area (Å²) in [6.45, 7) is 1.91. The van der Waals surface area contributed by atoms with Crippen molar-refractivity contribution >= 4 is 23.4 Å². The number of furan rings is 1. The summed E-state index contributed by atoms with van der Waals surface area (Å²) in [7, 11) is 0. The number of nitrogens with zero attached hydrogens (tertiary/aromatic N) is 1. The van der Waals surface area contributed by atoms with E-state index in [4.69, 9.17) is 20.8 Å². The largest absolute Gasteiger partial charge is 0.465 e. The van der Waals surface area contributed by atoms with Gasteiger partial charge in [-0.2, -0.15) is 0 Å². The van der Waals surface area contributed by atoms with Crippen molar-refractivity contribution in [3.05, 3.63) is 58.2 Å². The van der Waals surface area contributed by atoms with Crippen molar-refractivity contribution < 1.29 is 14.4 Å². The second kappa shape index (κ2) is 4.48. The van der Waals surface area contributed by atoms with Gasteiger partial charge < -0.3 is 14.4 Å². The van der Waals surface area contributed by atoms with Crippen LogP contribution in [0.5, 0.6) is 5.75 Å². The van der Waals surface area contributed by atoms with Crippen LogP contribution in [-0.2, 0) is 0 Å². The third-order valence-electron chi connectivity index (χ3n) is 2.81. The van der Waals surface area contributed by atoms with Gasteiger partial charge in [0.1, 0.15) is 5.76 Å². The van der Waals surface area contributed by atoms with Gasteiger partial charge in [-0.05, 0) is 36.8 Å². The van der Waals surface area contributed by atoms with Crippen LogP contribution >= 0.6 is 11.6 Å². The maximum atomic E-state index is 9.19. The number of allylic oxidation sites excluding steroid dienone is 1. The van der Waals surface area contributed by atoms with Crippen LogP contribution in [-0.4, -0.2) is 10.9 Å². The Kier molecular flexibility index (Phi) is 2.80. The Bertz CT molecular complexity index is 687. The maximum Gasteiger partial charge on any atom is 0.161 e. The van der Waals surface area contributed by atoms with E-state index >= 15 is 0 Å². The predicted molar refractivity (Wildman–Crippen MR) is 71.8 cm³/mol. The van der Waals surface area contributed by atoms with Crippen LogP contribution in [0.15, 0.2) is 45.9 Å². The predicted octanol–water partition coefficient (Wildman–Crippen LogP) is 3.85. The van der Waals surface area contributed by atoms with Gasteiger partial charge in [0, 0.05) is 6.08 Å². The molecule has 0 aliphatic carbocycles. The zero-order valence-corrected chi connectivity index (χ0v) is 10.8. The minimum absolute atomic E-state index is 0.344. The lowest BCUT2D eigenvalue weighted by Gasteiger charge is -2.01. The molecule has 2 aromatic rings. The SMILES string of the molecule is Cc1cc(Cl)c2c(c1)C(=N/O)/C(=C/c1ccco1)O2. The number of ether oxygens (including phenoxy) is 1. The number of rotatable bonds is 1. The molecule has 1 aromatic heterocycles. The molecule has 0 amide bonds. The van der Waals surface area contributed by atoms with E-state index in [1.54, 1.807) is 30.5 Å². The lowest BCUT2D eigenvalue weighted by molar-refractivity contribution is 0.318. The Balaban J connectivity index is 2.12. The Morgan fingerprint density at radius 2 is 2.21 bits per heavy atom. The first-order chi connectivity index (χ1) is 9.19. The number of benzene rings is 1. The molecule has 0 bridgehead atoms. The highest BCUT2D eigenvalue weighted by atomic mass is 35.5. The standard InChI is InChI=1S/C14H10ClNO3/c1-8-5-10-13(16-17)12(7-9-3-2-4-18-9)19-14(10)11(15)6-8/h2-7,17H,1H3/b12-7-,16-13-. The van der Waals surface area contributed by atoms with E-state index < -0.39 is 0 Å². The number of hydrogen-bond acceptors (Lipinski definition) is 4. The first kappa shape index (κ1) is 11.9. The van der Waals surface area contributed by atoms with Gasteiger partial charge in [0.25, 0.3) is 0 Å². The summed E-state index contributed by atoms with van der Waals surface area (Å²) in [6, 6.07) is 7.20.